The van der Waals surface area contributed by atoms with Crippen molar-refractivity contribution >= 4 is 44.4 Å². The summed E-state index contributed by atoms with van der Waals surface area (Å²) in [5.41, 5.74) is 3.13. The maximum absolute atomic E-state index is 12.6. The number of aryl methyl sites for hydroxylation is 2. The van der Waals surface area contributed by atoms with Crippen LogP contribution >= 0.6 is 22.9 Å². The first-order chi connectivity index (χ1) is 12.6. The van der Waals surface area contributed by atoms with E-state index >= 15 is 0 Å². The highest BCUT2D eigenvalue weighted by molar-refractivity contribution is 7.90. The van der Waals surface area contributed by atoms with Crippen LogP contribution in [0, 0.1) is 13.8 Å². The molecule has 1 amide bonds. The molecule has 1 aromatic heterocycles. The van der Waals surface area contributed by atoms with Crippen LogP contribution in [0.25, 0.3) is 11.3 Å². The minimum atomic E-state index is -3.32. The average molecular weight is 421 g/mol. The Bertz CT molecular complexity index is 1140. The van der Waals surface area contributed by atoms with Crippen molar-refractivity contribution in [1.29, 1.82) is 0 Å². The van der Waals surface area contributed by atoms with Gasteiger partial charge in [-0.1, -0.05) is 11.6 Å². The summed E-state index contributed by atoms with van der Waals surface area (Å²) in [6.45, 7) is 3.62. The molecule has 0 aliphatic carbocycles. The highest BCUT2D eigenvalue weighted by Crippen LogP contribution is 2.31. The molecular formula is C19H17ClN2O3S2. The Morgan fingerprint density at radius 1 is 1.15 bits per heavy atom. The van der Waals surface area contributed by atoms with Crippen LogP contribution in [0.4, 0.5) is 5.69 Å². The molecule has 3 rings (SSSR count). The lowest BCUT2D eigenvalue weighted by atomic mass is 10.1. The molecule has 0 spiro atoms. The average Bonchev–Trinajstić information content (AvgIpc) is 3.00. The summed E-state index contributed by atoms with van der Waals surface area (Å²) in [6, 6.07) is 9.67. The Balaban J connectivity index is 1.83. The Hall–Kier alpha value is -2.22. The maximum atomic E-state index is 12.6. The number of nitrogens with zero attached hydrogens (tertiary/aromatic N) is 1. The molecule has 1 heterocycles. The largest absolute Gasteiger partial charge is 0.322 e. The molecule has 2 aromatic carbocycles. The number of nitrogens with one attached hydrogen (secondary N) is 1. The van der Waals surface area contributed by atoms with E-state index in [9.17, 15) is 13.2 Å². The minimum Gasteiger partial charge on any atom is -0.322 e. The number of benzene rings is 2. The van der Waals surface area contributed by atoms with Gasteiger partial charge in [0.25, 0.3) is 5.91 Å². The molecule has 3 aromatic rings. The van der Waals surface area contributed by atoms with E-state index in [2.05, 4.69) is 10.3 Å². The maximum Gasteiger partial charge on any atom is 0.255 e. The molecule has 0 fully saturated rings. The fourth-order valence-electron chi connectivity index (χ4n) is 2.61. The number of rotatable bonds is 4. The third-order valence-corrected chi connectivity index (χ3v) is 6.19. The highest BCUT2D eigenvalue weighted by Gasteiger charge is 2.15. The van der Waals surface area contributed by atoms with Gasteiger partial charge in [0.1, 0.15) is 0 Å². The number of sulfone groups is 1. The number of carbonyl (C=O) groups excluding carboxylic acids is 1. The minimum absolute atomic E-state index is 0.183. The molecule has 0 aliphatic rings. The molecular weight excluding hydrogens is 404 g/mol. The number of anilines is 1. The summed E-state index contributed by atoms with van der Waals surface area (Å²) in [6.07, 6.45) is 1.13. The first-order valence-electron chi connectivity index (χ1n) is 7.99. The predicted molar refractivity (Wildman–Crippen MR) is 110 cm³/mol. The summed E-state index contributed by atoms with van der Waals surface area (Å²) < 4.78 is 23.3. The van der Waals surface area contributed by atoms with Gasteiger partial charge in [0.2, 0.25) is 0 Å². The van der Waals surface area contributed by atoms with Crippen molar-refractivity contribution in [2.75, 3.05) is 11.6 Å². The normalized spacial score (nSPS) is 11.4. The number of hydrogen-bond donors (Lipinski definition) is 1. The van der Waals surface area contributed by atoms with Crippen LogP contribution < -0.4 is 5.32 Å². The molecule has 5 nitrogen and oxygen atoms in total. The summed E-state index contributed by atoms with van der Waals surface area (Å²) in [4.78, 5) is 17.2. The molecule has 0 atom stereocenters. The van der Waals surface area contributed by atoms with Crippen LogP contribution in [0.15, 0.2) is 46.7 Å². The van der Waals surface area contributed by atoms with Gasteiger partial charge in [0.05, 0.1) is 20.6 Å². The van der Waals surface area contributed by atoms with Gasteiger partial charge in [-0.15, -0.1) is 11.3 Å². The van der Waals surface area contributed by atoms with Crippen LogP contribution in [0.5, 0.6) is 0 Å². The summed E-state index contributed by atoms with van der Waals surface area (Å²) >= 11 is 7.89. The van der Waals surface area contributed by atoms with Crippen molar-refractivity contribution in [3.8, 4) is 11.3 Å². The van der Waals surface area contributed by atoms with Gasteiger partial charge < -0.3 is 5.32 Å². The Morgan fingerprint density at radius 2 is 1.89 bits per heavy atom. The fourth-order valence-corrected chi connectivity index (χ4v) is 4.20. The van der Waals surface area contributed by atoms with Gasteiger partial charge in [-0.05, 0) is 55.8 Å². The zero-order valence-corrected chi connectivity index (χ0v) is 17.3. The molecule has 1 N–H and O–H groups in total. The molecule has 140 valence electrons. The van der Waals surface area contributed by atoms with Crippen LogP contribution in [0.1, 0.15) is 20.9 Å². The number of aromatic nitrogens is 1. The van der Waals surface area contributed by atoms with Crippen molar-refractivity contribution in [2.24, 2.45) is 0 Å². The molecule has 0 saturated heterocycles. The molecule has 0 radical (unpaired) electrons. The SMILES string of the molecule is Cc1nc(-c2ccc(NC(=O)c3ccc(S(C)(=O)=O)cc3C)cc2Cl)cs1. The van der Waals surface area contributed by atoms with E-state index in [1.165, 1.54) is 18.2 Å². The van der Waals surface area contributed by atoms with E-state index in [-0.39, 0.29) is 10.8 Å². The van der Waals surface area contributed by atoms with Gasteiger partial charge >= 0.3 is 0 Å². The number of hydrogen-bond acceptors (Lipinski definition) is 5. The van der Waals surface area contributed by atoms with Crippen LogP contribution in [0.3, 0.4) is 0 Å². The lowest BCUT2D eigenvalue weighted by molar-refractivity contribution is 0.102. The van der Waals surface area contributed by atoms with E-state index < -0.39 is 9.84 Å². The van der Waals surface area contributed by atoms with Crippen LogP contribution in [0.2, 0.25) is 5.02 Å². The molecule has 8 heteroatoms. The number of carbonyl (C=O) groups is 1. The Kier molecular flexibility index (Phi) is 5.37. The van der Waals surface area contributed by atoms with Crippen LogP contribution in [-0.2, 0) is 9.84 Å². The predicted octanol–water partition coefficient (Wildman–Crippen LogP) is 4.74. The first kappa shape index (κ1) is 19.5. The van der Waals surface area contributed by atoms with Crippen molar-refractivity contribution in [2.45, 2.75) is 18.7 Å². The second-order valence-corrected chi connectivity index (χ2v) is 9.63. The third kappa shape index (κ3) is 4.37. The van der Waals surface area contributed by atoms with Gasteiger partial charge in [-0.2, -0.15) is 0 Å². The van der Waals surface area contributed by atoms with Gasteiger partial charge in [0.15, 0.2) is 9.84 Å². The number of amides is 1. The van der Waals surface area contributed by atoms with Gasteiger partial charge in [-0.3, -0.25) is 4.79 Å². The molecule has 0 unspecified atom stereocenters. The number of halogens is 1. The Labute approximate surface area is 167 Å². The topological polar surface area (TPSA) is 76.1 Å². The third-order valence-electron chi connectivity index (χ3n) is 3.99. The Morgan fingerprint density at radius 3 is 2.44 bits per heavy atom. The fraction of sp³-hybridized carbons (Fsp3) is 0.158. The zero-order chi connectivity index (χ0) is 19.8. The van der Waals surface area contributed by atoms with E-state index in [1.807, 2.05) is 18.4 Å². The number of thiazole rings is 1. The summed E-state index contributed by atoms with van der Waals surface area (Å²) in [5, 5.41) is 6.16. The van der Waals surface area contributed by atoms with E-state index in [0.717, 1.165) is 22.5 Å². The van der Waals surface area contributed by atoms with Gasteiger partial charge in [-0.25, -0.2) is 13.4 Å². The van der Waals surface area contributed by atoms with Crippen molar-refractivity contribution in [3.63, 3.8) is 0 Å². The smallest absolute Gasteiger partial charge is 0.255 e. The first-order valence-corrected chi connectivity index (χ1v) is 11.1. The van der Waals surface area contributed by atoms with Crippen molar-refractivity contribution < 1.29 is 13.2 Å². The molecule has 27 heavy (non-hydrogen) atoms. The second kappa shape index (κ2) is 7.42. The van der Waals surface area contributed by atoms with E-state index in [4.69, 9.17) is 11.6 Å². The lowest BCUT2D eigenvalue weighted by Gasteiger charge is -2.10. The molecule has 0 saturated carbocycles. The zero-order valence-electron chi connectivity index (χ0n) is 14.9. The van der Waals surface area contributed by atoms with E-state index in [1.54, 1.807) is 30.4 Å². The molecule has 0 bridgehead atoms. The van der Waals surface area contributed by atoms with Crippen molar-refractivity contribution in [1.82, 2.24) is 4.98 Å². The monoisotopic (exact) mass is 420 g/mol. The van der Waals surface area contributed by atoms with Gasteiger partial charge in [0, 0.05) is 28.5 Å². The summed E-state index contributed by atoms with van der Waals surface area (Å²) in [5.74, 6) is -0.333. The summed E-state index contributed by atoms with van der Waals surface area (Å²) in [7, 11) is -3.32. The highest BCUT2D eigenvalue weighted by atomic mass is 35.5. The second-order valence-electron chi connectivity index (χ2n) is 6.15. The quantitative estimate of drug-likeness (QED) is 0.661. The van der Waals surface area contributed by atoms with Crippen LogP contribution in [-0.4, -0.2) is 25.6 Å². The van der Waals surface area contributed by atoms with Crippen molar-refractivity contribution in [3.05, 3.63) is 62.9 Å². The standard InChI is InChI=1S/C19H17ClN2O3S2/c1-11-8-14(27(3,24)25)5-7-15(11)19(23)22-13-4-6-16(17(20)9-13)18-10-26-12(2)21-18/h4-10H,1-3H3,(H,22,23). The molecule has 0 aliphatic heterocycles. The lowest BCUT2D eigenvalue weighted by Crippen LogP contribution is -2.14. The van der Waals surface area contributed by atoms with E-state index in [0.29, 0.717) is 21.8 Å².